The molecule has 31 heavy (non-hydrogen) atoms. The molecule has 6 atom stereocenters. The van der Waals surface area contributed by atoms with Crippen LogP contribution in [0.5, 0.6) is 11.5 Å². The van der Waals surface area contributed by atoms with Gasteiger partial charge in [0.25, 0.3) is 0 Å². The molecule has 1 aromatic carbocycles. The van der Waals surface area contributed by atoms with Crippen molar-refractivity contribution in [1.82, 2.24) is 9.71 Å². The number of likely N-dealkylation sites (tertiary alicyclic amines) is 1. The van der Waals surface area contributed by atoms with Crippen LogP contribution >= 0.6 is 0 Å². The molecule has 163 valence electrons. The van der Waals surface area contributed by atoms with Crippen LogP contribution in [0.15, 0.2) is 24.3 Å². The number of methoxy groups -OCH3 is 2. The molecule has 4 aliphatic carbocycles. The lowest BCUT2D eigenvalue weighted by Gasteiger charge is -2.70. The minimum Gasteiger partial charge on any atom is -0.493 e. The Morgan fingerprint density at radius 2 is 2.13 bits per heavy atom. The third kappa shape index (κ3) is 1.93. The smallest absolute Gasteiger partial charge is 0.246 e. The molecular weight excluding hydrogens is 391 g/mol. The van der Waals surface area contributed by atoms with E-state index in [0.717, 1.165) is 37.3 Å². The average Bonchev–Trinajstić information content (AvgIpc) is 3.17. The summed E-state index contributed by atoms with van der Waals surface area (Å²) in [6, 6.07) is 4.59. The highest BCUT2D eigenvalue weighted by atomic mass is 16.6. The van der Waals surface area contributed by atoms with Gasteiger partial charge in [0.1, 0.15) is 11.7 Å². The SMILES string of the molecule is C[B]N(C)C(=O)[C@H]1C[C@@]23C=CC1(OC)C1Oc4c(OC)ccc5c4[C@@]12CCN(C)[C@@H]3C5. The van der Waals surface area contributed by atoms with Gasteiger partial charge < -0.3 is 23.9 Å². The maximum Gasteiger partial charge on any atom is 0.246 e. The molecule has 2 aliphatic heterocycles. The highest BCUT2D eigenvalue weighted by Crippen LogP contribution is 2.74. The number of benzene rings is 1. The van der Waals surface area contributed by atoms with Gasteiger partial charge in [0.05, 0.1) is 18.4 Å². The Hall–Kier alpha value is -1.99. The van der Waals surface area contributed by atoms with E-state index in [9.17, 15) is 4.79 Å². The molecule has 0 N–H and O–H groups in total. The van der Waals surface area contributed by atoms with Crippen molar-refractivity contribution in [1.29, 1.82) is 0 Å². The second-order valence-corrected chi connectivity index (χ2v) is 9.95. The molecule has 1 saturated heterocycles. The van der Waals surface area contributed by atoms with Crippen molar-refractivity contribution >= 4 is 13.3 Å². The first kappa shape index (κ1) is 19.7. The Balaban J connectivity index is 1.65. The van der Waals surface area contributed by atoms with E-state index in [4.69, 9.17) is 14.2 Å². The Labute approximate surface area is 184 Å². The molecule has 0 aromatic heterocycles. The Morgan fingerprint density at radius 3 is 2.84 bits per heavy atom. The molecule has 2 fully saturated rings. The van der Waals surface area contributed by atoms with Crippen LogP contribution in [0.4, 0.5) is 0 Å². The third-order valence-corrected chi connectivity index (χ3v) is 9.31. The first-order valence-electron chi connectivity index (χ1n) is 11.3. The Bertz CT molecular complexity index is 1010. The zero-order valence-electron chi connectivity index (χ0n) is 19.0. The predicted octanol–water partition coefficient (Wildman–Crippen LogP) is 2.04. The van der Waals surface area contributed by atoms with Crippen LogP contribution in [0.2, 0.25) is 6.82 Å². The van der Waals surface area contributed by atoms with Crippen molar-refractivity contribution in [2.24, 2.45) is 11.3 Å². The molecule has 6 nitrogen and oxygen atoms in total. The topological polar surface area (TPSA) is 51.2 Å². The molecule has 2 unspecified atom stereocenters. The van der Waals surface area contributed by atoms with Gasteiger partial charge >= 0.3 is 0 Å². The zero-order chi connectivity index (χ0) is 21.8. The molecule has 1 amide bonds. The lowest BCUT2D eigenvalue weighted by atomic mass is 9.37. The minimum atomic E-state index is -0.796. The molecule has 1 saturated carbocycles. The number of carbonyl (C=O) groups is 1. The summed E-state index contributed by atoms with van der Waals surface area (Å²) in [5.41, 5.74) is 1.51. The summed E-state index contributed by atoms with van der Waals surface area (Å²) in [4.78, 5) is 17.8. The molecule has 7 rings (SSSR count). The molecule has 4 bridgehead atoms. The zero-order valence-corrected chi connectivity index (χ0v) is 19.0. The fraction of sp³-hybridized carbons (Fsp3) is 0.625. The number of amides is 1. The van der Waals surface area contributed by atoms with E-state index in [-0.39, 0.29) is 28.8 Å². The number of hydrogen-bond acceptors (Lipinski definition) is 5. The monoisotopic (exact) mass is 421 g/mol. The summed E-state index contributed by atoms with van der Waals surface area (Å²) in [6.07, 6.45) is 7.05. The minimum absolute atomic E-state index is 0.0981. The fourth-order valence-electron chi connectivity index (χ4n) is 7.86. The molecule has 2 spiro atoms. The number of piperidine rings is 1. The molecular formula is C24H30BN2O4. The van der Waals surface area contributed by atoms with Crippen LogP contribution in [0.25, 0.3) is 0 Å². The van der Waals surface area contributed by atoms with E-state index in [1.54, 1.807) is 19.0 Å². The number of fused-ring (bicyclic) bond motifs is 1. The van der Waals surface area contributed by atoms with Crippen molar-refractivity contribution in [3.63, 3.8) is 0 Å². The van der Waals surface area contributed by atoms with Crippen molar-refractivity contribution in [2.45, 2.75) is 49.2 Å². The van der Waals surface area contributed by atoms with Gasteiger partial charge in [0.2, 0.25) is 13.3 Å². The molecule has 1 radical (unpaired) electrons. The summed E-state index contributed by atoms with van der Waals surface area (Å²) in [7, 11) is 9.34. The summed E-state index contributed by atoms with van der Waals surface area (Å²) >= 11 is 0. The molecule has 1 aromatic rings. The number of ether oxygens (including phenoxy) is 3. The molecule has 2 heterocycles. The summed E-state index contributed by atoms with van der Waals surface area (Å²) < 4.78 is 18.9. The maximum atomic E-state index is 13.6. The van der Waals surface area contributed by atoms with Crippen LogP contribution in [0.1, 0.15) is 24.0 Å². The van der Waals surface area contributed by atoms with Gasteiger partial charge in [0.15, 0.2) is 11.5 Å². The molecule has 6 aliphatic rings. The standard InChI is InChI=1S/C24H30BN2O4/c1-25-27(3)20(28)15-13-22-8-9-24(15,30-5)21-23(22)10-11-26(2)17(22)12-14-6-7-16(29-4)19(31-21)18(14)23/h6-9,15,17,21H,10-13H2,1-5H3/t15-,17-,21?,22-,23+,24?/m1/s1. The van der Waals surface area contributed by atoms with Gasteiger partial charge in [-0.3, -0.25) is 4.79 Å². The van der Waals surface area contributed by atoms with Crippen molar-refractivity contribution in [3.05, 3.63) is 35.4 Å². The number of hydrogen-bond donors (Lipinski definition) is 0. The number of likely N-dealkylation sites (N-methyl/N-ethyl adjacent to an activating group) is 1. The molecule has 7 heteroatoms. The quantitative estimate of drug-likeness (QED) is 0.550. The number of nitrogens with zero attached hydrogens (tertiary/aromatic N) is 2. The highest BCUT2D eigenvalue weighted by molar-refractivity contribution is 6.35. The second-order valence-electron chi connectivity index (χ2n) is 9.95. The van der Waals surface area contributed by atoms with Crippen LogP contribution < -0.4 is 9.47 Å². The van der Waals surface area contributed by atoms with Gasteiger partial charge in [-0.05, 0) is 51.5 Å². The van der Waals surface area contributed by atoms with Crippen LogP contribution in [-0.4, -0.2) is 75.6 Å². The van der Waals surface area contributed by atoms with E-state index in [1.807, 2.05) is 27.4 Å². The van der Waals surface area contributed by atoms with Crippen LogP contribution in [0.3, 0.4) is 0 Å². The van der Waals surface area contributed by atoms with E-state index in [2.05, 4.69) is 30.2 Å². The van der Waals surface area contributed by atoms with E-state index >= 15 is 0 Å². The van der Waals surface area contributed by atoms with Crippen LogP contribution in [-0.2, 0) is 21.4 Å². The second kappa shape index (κ2) is 6.07. The lowest BCUT2D eigenvalue weighted by Crippen LogP contribution is -2.80. The van der Waals surface area contributed by atoms with E-state index in [1.165, 1.54) is 11.1 Å². The fourth-order valence-corrected chi connectivity index (χ4v) is 7.86. The normalized spacial score (nSPS) is 40.9. The summed E-state index contributed by atoms with van der Waals surface area (Å²) in [6.45, 7) is 2.91. The largest absolute Gasteiger partial charge is 0.493 e. The van der Waals surface area contributed by atoms with Gasteiger partial charge in [-0.15, -0.1) is 0 Å². The first-order chi connectivity index (χ1) is 14.9. The summed E-state index contributed by atoms with van der Waals surface area (Å²) in [5.74, 6) is 1.45. The van der Waals surface area contributed by atoms with Gasteiger partial charge in [-0.25, -0.2) is 0 Å². The van der Waals surface area contributed by atoms with Crippen LogP contribution in [0, 0.1) is 11.3 Å². The van der Waals surface area contributed by atoms with Crippen molar-refractivity contribution in [3.8, 4) is 11.5 Å². The first-order valence-corrected chi connectivity index (χ1v) is 11.3. The van der Waals surface area contributed by atoms with Crippen molar-refractivity contribution in [2.75, 3.05) is 34.9 Å². The predicted molar refractivity (Wildman–Crippen MR) is 118 cm³/mol. The maximum absolute atomic E-state index is 13.6. The average molecular weight is 421 g/mol. The van der Waals surface area contributed by atoms with Crippen molar-refractivity contribution < 1.29 is 19.0 Å². The Kier molecular flexibility index (Phi) is 3.86. The lowest BCUT2D eigenvalue weighted by molar-refractivity contribution is -0.215. The highest BCUT2D eigenvalue weighted by Gasteiger charge is 2.79. The van der Waals surface area contributed by atoms with Gasteiger partial charge in [-0.1, -0.05) is 25.0 Å². The Morgan fingerprint density at radius 1 is 1.32 bits per heavy atom. The van der Waals surface area contributed by atoms with E-state index < -0.39 is 5.60 Å². The third-order valence-electron chi connectivity index (χ3n) is 9.31. The summed E-state index contributed by atoms with van der Waals surface area (Å²) in [5, 5.41) is 0. The number of carbonyl (C=O) groups excluding carboxylic acids is 1. The number of rotatable bonds is 4. The van der Waals surface area contributed by atoms with Gasteiger partial charge in [-0.2, -0.15) is 0 Å². The van der Waals surface area contributed by atoms with E-state index in [0.29, 0.717) is 6.04 Å². The van der Waals surface area contributed by atoms with Gasteiger partial charge in [0, 0.05) is 24.1 Å².